The average molecular weight is 154 g/mol. The minimum Gasteiger partial charge on any atom is -0.203 e. The Labute approximate surface area is 55.8 Å². The lowest BCUT2D eigenvalue weighted by molar-refractivity contribution is -0.0965. The zero-order valence-electron chi connectivity index (χ0n) is 5.08. The zero-order valence-corrected chi connectivity index (χ0v) is 5.08. The smallest absolute Gasteiger partial charge is 0.203 e. The Morgan fingerprint density at radius 1 is 1.40 bits per heavy atom. The van der Waals surface area contributed by atoms with Crippen LogP contribution in [0.2, 0.25) is 0 Å². The van der Waals surface area contributed by atoms with Crippen molar-refractivity contribution in [3.63, 3.8) is 0 Å². The Morgan fingerprint density at radius 3 is 1.90 bits per heavy atom. The SMILES string of the molecule is C=CC(=C)C(F)(F)C(F)F. The van der Waals surface area contributed by atoms with Crippen LogP contribution in [0.3, 0.4) is 0 Å². The third-order valence-electron chi connectivity index (χ3n) is 0.949. The van der Waals surface area contributed by atoms with Gasteiger partial charge >= 0.3 is 12.3 Å². The number of allylic oxidation sites excluding steroid dienone is 2. The molecule has 0 rings (SSSR count). The fourth-order valence-electron chi connectivity index (χ4n) is 0.276. The molecule has 0 saturated heterocycles. The summed E-state index contributed by atoms with van der Waals surface area (Å²) in [6.07, 6.45) is -3.09. The Bertz CT molecular complexity index is 148. The molecule has 0 heterocycles. The minimum atomic E-state index is -4.14. The Morgan fingerprint density at radius 2 is 1.80 bits per heavy atom. The van der Waals surface area contributed by atoms with Gasteiger partial charge in [0, 0.05) is 5.57 Å². The summed E-state index contributed by atoms with van der Waals surface area (Å²) in [6.45, 7) is 5.61. The molecule has 0 radical (unpaired) electrons. The highest BCUT2D eigenvalue weighted by molar-refractivity contribution is 5.21. The molecule has 0 aromatic rings. The summed E-state index contributed by atoms with van der Waals surface area (Å²) in [4.78, 5) is 0. The topological polar surface area (TPSA) is 0 Å². The van der Waals surface area contributed by atoms with E-state index in [1.807, 2.05) is 0 Å². The molecule has 0 nitrogen and oxygen atoms in total. The second-order valence-corrected chi connectivity index (χ2v) is 1.65. The van der Waals surface area contributed by atoms with E-state index in [1.165, 1.54) is 0 Å². The quantitative estimate of drug-likeness (QED) is 0.433. The normalized spacial score (nSPS) is 11.7. The second kappa shape index (κ2) is 2.86. The lowest BCUT2D eigenvalue weighted by atomic mass is 10.1. The van der Waals surface area contributed by atoms with Crippen molar-refractivity contribution in [3.05, 3.63) is 24.8 Å². The van der Waals surface area contributed by atoms with Crippen molar-refractivity contribution in [1.82, 2.24) is 0 Å². The molecule has 0 aliphatic rings. The first-order valence-corrected chi connectivity index (χ1v) is 2.40. The number of alkyl halides is 4. The predicted octanol–water partition coefficient (Wildman–Crippen LogP) is 2.63. The maximum absolute atomic E-state index is 12.0. The molecule has 0 atom stereocenters. The van der Waals surface area contributed by atoms with Crippen molar-refractivity contribution in [2.75, 3.05) is 0 Å². The van der Waals surface area contributed by atoms with E-state index >= 15 is 0 Å². The first-order chi connectivity index (χ1) is 4.42. The molecule has 10 heavy (non-hydrogen) atoms. The van der Waals surface area contributed by atoms with Gasteiger partial charge < -0.3 is 0 Å². The third kappa shape index (κ3) is 1.59. The van der Waals surface area contributed by atoms with Gasteiger partial charge in [-0.15, -0.1) is 0 Å². The second-order valence-electron chi connectivity index (χ2n) is 1.65. The van der Waals surface area contributed by atoms with Gasteiger partial charge in [-0.3, -0.25) is 0 Å². The van der Waals surface area contributed by atoms with Gasteiger partial charge in [-0.2, -0.15) is 8.78 Å². The molecular weight excluding hydrogens is 148 g/mol. The number of hydrogen-bond donors (Lipinski definition) is 0. The number of hydrogen-bond acceptors (Lipinski definition) is 0. The van der Waals surface area contributed by atoms with Gasteiger partial charge in [0.2, 0.25) is 0 Å². The first kappa shape index (κ1) is 9.20. The Balaban J connectivity index is 4.39. The van der Waals surface area contributed by atoms with Crippen molar-refractivity contribution in [2.45, 2.75) is 12.3 Å². The van der Waals surface area contributed by atoms with E-state index in [2.05, 4.69) is 13.2 Å². The molecule has 0 amide bonds. The van der Waals surface area contributed by atoms with Crippen LogP contribution in [-0.2, 0) is 0 Å². The number of halogens is 4. The van der Waals surface area contributed by atoms with E-state index < -0.39 is 17.9 Å². The van der Waals surface area contributed by atoms with E-state index in [0.29, 0.717) is 6.08 Å². The molecule has 0 spiro atoms. The molecule has 0 unspecified atom stereocenters. The van der Waals surface area contributed by atoms with Crippen molar-refractivity contribution < 1.29 is 17.6 Å². The summed E-state index contributed by atoms with van der Waals surface area (Å²) in [7, 11) is 0. The summed E-state index contributed by atoms with van der Waals surface area (Å²) >= 11 is 0. The van der Waals surface area contributed by atoms with Gasteiger partial charge in [0.25, 0.3) is 0 Å². The van der Waals surface area contributed by atoms with Crippen LogP contribution in [0.1, 0.15) is 0 Å². The lowest BCUT2D eigenvalue weighted by Gasteiger charge is -2.14. The molecule has 0 saturated carbocycles. The molecule has 0 aliphatic heterocycles. The molecule has 0 aromatic heterocycles. The van der Waals surface area contributed by atoms with Gasteiger partial charge in [0.15, 0.2) is 0 Å². The lowest BCUT2D eigenvalue weighted by Crippen LogP contribution is -2.27. The maximum atomic E-state index is 12.0. The standard InChI is InChI=1S/C6H6F4/c1-3-4(2)6(9,10)5(7)8/h3,5H,1-2H2. The summed E-state index contributed by atoms with van der Waals surface area (Å²) in [5.74, 6) is -4.14. The highest BCUT2D eigenvalue weighted by Gasteiger charge is 2.42. The Kier molecular flexibility index (Phi) is 2.63. The van der Waals surface area contributed by atoms with Gasteiger partial charge in [0.05, 0.1) is 0 Å². The summed E-state index contributed by atoms with van der Waals surface area (Å²) < 4.78 is 46.8. The van der Waals surface area contributed by atoms with Crippen LogP contribution in [0, 0.1) is 0 Å². The largest absolute Gasteiger partial charge is 0.332 e. The maximum Gasteiger partial charge on any atom is 0.332 e. The average Bonchev–Trinajstić information content (AvgIpc) is 1.86. The van der Waals surface area contributed by atoms with Crippen LogP contribution in [0.25, 0.3) is 0 Å². The molecule has 0 fully saturated rings. The van der Waals surface area contributed by atoms with Crippen LogP contribution >= 0.6 is 0 Å². The van der Waals surface area contributed by atoms with Gasteiger partial charge in [-0.05, 0) is 0 Å². The van der Waals surface area contributed by atoms with Crippen molar-refractivity contribution in [2.24, 2.45) is 0 Å². The van der Waals surface area contributed by atoms with Crippen LogP contribution in [-0.4, -0.2) is 12.3 Å². The molecule has 58 valence electrons. The molecule has 0 aromatic carbocycles. The first-order valence-electron chi connectivity index (χ1n) is 2.40. The van der Waals surface area contributed by atoms with Crippen LogP contribution in [0.5, 0.6) is 0 Å². The summed E-state index contributed by atoms with van der Waals surface area (Å²) in [5.41, 5.74) is -0.956. The van der Waals surface area contributed by atoms with E-state index in [9.17, 15) is 17.6 Å². The molecular formula is C6H6F4. The van der Waals surface area contributed by atoms with Crippen molar-refractivity contribution in [1.29, 1.82) is 0 Å². The highest BCUT2D eigenvalue weighted by Crippen LogP contribution is 2.30. The van der Waals surface area contributed by atoms with E-state index in [0.717, 1.165) is 0 Å². The van der Waals surface area contributed by atoms with Crippen LogP contribution < -0.4 is 0 Å². The molecule has 0 N–H and O–H groups in total. The monoisotopic (exact) mass is 154 g/mol. The zero-order chi connectivity index (χ0) is 8.36. The number of rotatable bonds is 3. The Hall–Kier alpha value is -0.800. The third-order valence-corrected chi connectivity index (χ3v) is 0.949. The van der Waals surface area contributed by atoms with Crippen molar-refractivity contribution >= 4 is 0 Å². The van der Waals surface area contributed by atoms with Gasteiger partial charge in [0.1, 0.15) is 0 Å². The van der Waals surface area contributed by atoms with Crippen molar-refractivity contribution in [3.8, 4) is 0 Å². The minimum absolute atomic E-state index is 0.617. The van der Waals surface area contributed by atoms with E-state index in [1.54, 1.807) is 0 Å². The predicted molar refractivity (Wildman–Crippen MR) is 30.3 cm³/mol. The molecule has 0 bridgehead atoms. The summed E-state index contributed by atoms with van der Waals surface area (Å²) in [5, 5.41) is 0. The molecule has 0 aliphatic carbocycles. The van der Waals surface area contributed by atoms with E-state index in [4.69, 9.17) is 0 Å². The van der Waals surface area contributed by atoms with E-state index in [-0.39, 0.29) is 0 Å². The molecule has 4 heteroatoms. The summed E-state index contributed by atoms with van der Waals surface area (Å²) in [6, 6.07) is 0. The van der Waals surface area contributed by atoms with Crippen LogP contribution in [0.15, 0.2) is 24.8 Å². The fourth-order valence-corrected chi connectivity index (χ4v) is 0.276. The highest BCUT2D eigenvalue weighted by atomic mass is 19.3. The van der Waals surface area contributed by atoms with Gasteiger partial charge in [-0.1, -0.05) is 19.2 Å². The van der Waals surface area contributed by atoms with Gasteiger partial charge in [-0.25, -0.2) is 8.78 Å². The fraction of sp³-hybridized carbons (Fsp3) is 0.333. The van der Waals surface area contributed by atoms with Crippen LogP contribution in [0.4, 0.5) is 17.6 Å².